The molecule has 0 aromatic carbocycles. The number of nitrogens with two attached hydrogens (primary N) is 1. The molecular formula is C12H19N5OS. The van der Waals surface area contributed by atoms with Crippen LogP contribution in [0.3, 0.4) is 0 Å². The van der Waals surface area contributed by atoms with Crippen LogP contribution in [0.5, 0.6) is 0 Å². The van der Waals surface area contributed by atoms with Gasteiger partial charge in [-0.15, -0.1) is 10.2 Å². The molecular weight excluding hydrogens is 262 g/mol. The second kappa shape index (κ2) is 5.52. The van der Waals surface area contributed by atoms with Gasteiger partial charge in [0.15, 0.2) is 5.82 Å². The molecule has 2 aromatic heterocycles. The zero-order valence-electron chi connectivity index (χ0n) is 11.1. The van der Waals surface area contributed by atoms with Crippen molar-refractivity contribution < 1.29 is 4.74 Å². The number of rotatable bonds is 4. The average molecular weight is 281 g/mol. The van der Waals surface area contributed by atoms with E-state index in [1.54, 1.807) is 11.3 Å². The summed E-state index contributed by atoms with van der Waals surface area (Å²) >= 11 is 1.62. The van der Waals surface area contributed by atoms with Crippen molar-refractivity contribution in [2.24, 2.45) is 5.73 Å². The molecule has 19 heavy (non-hydrogen) atoms. The number of nitrogens with zero attached hydrogens (tertiary/aromatic N) is 4. The van der Waals surface area contributed by atoms with Crippen LogP contribution in [0.1, 0.15) is 48.9 Å². The van der Waals surface area contributed by atoms with Gasteiger partial charge in [-0.05, 0) is 25.8 Å². The molecule has 1 aliphatic rings. The summed E-state index contributed by atoms with van der Waals surface area (Å²) in [5, 5.41) is 14.3. The third-order valence-electron chi connectivity index (χ3n) is 3.64. The molecule has 2 N–H and O–H groups in total. The number of hydrogen-bond donors (Lipinski definition) is 1. The quantitative estimate of drug-likeness (QED) is 0.919. The largest absolute Gasteiger partial charge is 0.381 e. The molecule has 1 atom stereocenters. The van der Waals surface area contributed by atoms with Crippen LogP contribution in [-0.4, -0.2) is 39.6 Å². The summed E-state index contributed by atoms with van der Waals surface area (Å²) in [4.78, 5) is 0.889. The molecule has 0 aliphatic carbocycles. The Labute approximate surface area is 116 Å². The van der Waals surface area contributed by atoms with Crippen molar-refractivity contribution in [3.05, 3.63) is 10.8 Å². The van der Waals surface area contributed by atoms with E-state index in [4.69, 9.17) is 10.5 Å². The minimum Gasteiger partial charge on any atom is -0.381 e. The van der Waals surface area contributed by atoms with Gasteiger partial charge >= 0.3 is 0 Å². The standard InChI is InChI=1S/C12H19N5OS/c1-8(2-5-13)11-16-17-10(14-15-12(17)19-11)9-3-6-18-7-4-9/h8-9H,2-7,13H2,1H3. The molecule has 3 heterocycles. The molecule has 0 radical (unpaired) electrons. The Balaban J connectivity index is 1.89. The number of fused-ring (bicyclic) bond motifs is 1. The van der Waals surface area contributed by atoms with Crippen LogP contribution >= 0.6 is 11.3 Å². The van der Waals surface area contributed by atoms with Crippen LogP contribution in [0.2, 0.25) is 0 Å². The highest BCUT2D eigenvalue weighted by Crippen LogP contribution is 2.29. The number of ether oxygens (including phenoxy) is 1. The van der Waals surface area contributed by atoms with Crippen LogP contribution in [0.15, 0.2) is 0 Å². The van der Waals surface area contributed by atoms with Crippen molar-refractivity contribution >= 4 is 16.3 Å². The van der Waals surface area contributed by atoms with Gasteiger partial charge in [-0.3, -0.25) is 0 Å². The minimum absolute atomic E-state index is 0.388. The molecule has 2 aromatic rings. The van der Waals surface area contributed by atoms with Crippen LogP contribution in [0.25, 0.3) is 4.96 Å². The Bertz CT molecular complexity index is 545. The Morgan fingerprint density at radius 1 is 1.42 bits per heavy atom. The first kappa shape index (κ1) is 13.0. The monoisotopic (exact) mass is 281 g/mol. The van der Waals surface area contributed by atoms with E-state index in [2.05, 4.69) is 22.2 Å². The molecule has 1 aliphatic heterocycles. The van der Waals surface area contributed by atoms with Gasteiger partial charge in [0.1, 0.15) is 5.01 Å². The van der Waals surface area contributed by atoms with Gasteiger partial charge in [0, 0.05) is 25.0 Å². The van der Waals surface area contributed by atoms with Crippen molar-refractivity contribution in [3.63, 3.8) is 0 Å². The van der Waals surface area contributed by atoms with Crippen LogP contribution in [-0.2, 0) is 4.74 Å². The Kier molecular flexibility index (Phi) is 3.76. The summed E-state index contributed by atoms with van der Waals surface area (Å²) < 4.78 is 7.32. The normalized spacial score (nSPS) is 19.1. The summed E-state index contributed by atoms with van der Waals surface area (Å²) in [7, 11) is 0. The molecule has 0 amide bonds. The van der Waals surface area contributed by atoms with Gasteiger partial charge in [0.25, 0.3) is 0 Å². The summed E-state index contributed by atoms with van der Waals surface area (Å²) in [5.74, 6) is 1.79. The first-order chi connectivity index (χ1) is 9.29. The van der Waals surface area contributed by atoms with Gasteiger partial charge in [-0.2, -0.15) is 9.61 Å². The number of aromatic nitrogens is 4. The van der Waals surface area contributed by atoms with E-state index >= 15 is 0 Å². The lowest BCUT2D eigenvalue weighted by Crippen LogP contribution is -2.16. The zero-order valence-corrected chi connectivity index (χ0v) is 11.9. The zero-order chi connectivity index (χ0) is 13.2. The minimum atomic E-state index is 0.388. The van der Waals surface area contributed by atoms with E-state index in [9.17, 15) is 0 Å². The molecule has 7 heteroatoms. The highest BCUT2D eigenvalue weighted by Gasteiger charge is 2.24. The van der Waals surface area contributed by atoms with Crippen molar-refractivity contribution in [2.45, 2.75) is 38.0 Å². The van der Waals surface area contributed by atoms with Crippen molar-refractivity contribution in [3.8, 4) is 0 Å². The van der Waals surface area contributed by atoms with E-state index in [1.165, 1.54) is 0 Å². The second-order valence-electron chi connectivity index (χ2n) is 5.06. The summed E-state index contributed by atoms with van der Waals surface area (Å²) in [6.45, 7) is 4.46. The van der Waals surface area contributed by atoms with Gasteiger partial charge < -0.3 is 10.5 Å². The summed E-state index contributed by atoms with van der Waals surface area (Å²) in [6.07, 6.45) is 2.97. The van der Waals surface area contributed by atoms with Crippen molar-refractivity contribution in [2.75, 3.05) is 19.8 Å². The lowest BCUT2D eigenvalue weighted by Gasteiger charge is -2.19. The van der Waals surface area contributed by atoms with E-state index in [0.29, 0.717) is 18.4 Å². The lowest BCUT2D eigenvalue weighted by atomic mass is 10.00. The lowest BCUT2D eigenvalue weighted by molar-refractivity contribution is 0.0831. The maximum Gasteiger partial charge on any atom is 0.234 e. The fourth-order valence-corrected chi connectivity index (χ4v) is 3.36. The van der Waals surface area contributed by atoms with Gasteiger partial charge in [0.2, 0.25) is 4.96 Å². The van der Waals surface area contributed by atoms with E-state index in [0.717, 1.165) is 48.3 Å². The Morgan fingerprint density at radius 2 is 2.21 bits per heavy atom. The molecule has 0 bridgehead atoms. The number of hydrogen-bond acceptors (Lipinski definition) is 6. The third kappa shape index (κ3) is 2.50. The predicted octanol–water partition coefficient (Wildman–Crippen LogP) is 1.53. The third-order valence-corrected chi connectivity index (χ3v) is 4.77. The average Bonchev–Trinajstić information content (AvgIpc) is 2.99. The van der Waals surface area contributed by atoms with Crippen LogP contribution in [0, 0.1) is 0 Å². The summed E-state index contributed by atoms with van der Waals surface area (Å²) in [5.41, 5.74) is 5.61. The molecule has 0 saturated carbocycles. The summed E-state index contributed by atoms with van der Waals surface area (Å²) in [6, 6.07) is 0. The van der Waals surface area contributed by atoms with Gasteiger partial charge in [-0.25, -0.2) is 0 Å². The second-order valence-corrected chi connectivity index (χ2v) is 6.05. The fraction of sp³-hybridized carbons (Fsp3) is 0.750. The first-order valence-corrected chi connectivity index (χ1v) is 7.61. The van der Waals surface area contributed by atoms with E-state index in [-0.39, 0.29) is 0 Å². The molecule has 104 valence electrons. The fourth-order valence-electron chi connectivity index (χ4n) is 2.43. The Hall–Kier alpha value is -1.05. The van der Waals surface area contributed by atoms with E-state index < -0.39 is 0 Å². The molecule has 6 nitrogen and oxygen atoms in total. The van der Waals surface area contributed by atoms with Gasteiger partial charge in [-0.1, -0.05) is 18.3 Å². The molecule has 0 spiro atoms. The SMILES string of the molecule is CC(CCN)c1nn2c(C3CCOCC3)nnc2s1. The Morgan fingerprint density at radius 3 is 2.95 bits per heavy atom. The highest BCUT2D eigenvalue weighted by atomic mass is 32.1. The van der Waals surface area contributed by atoms with Crippen LogP contribution < -0.4 is 5.73 Å². The molecule has 1 fully saturated rings. The smallest absolute Gasteiger partial charge is 0.234 e. The maximum atomic E-state index is 5.61. The van der Waals surface area contributed by atoms with Gasteiger partial charge in [0.05, 0.1) is 0 Å². The molecule has 1 saturated heterocycles. The highest BCUT2D eigenvalue weighted by molar-refractivity contribution is 7.16. The predicted molar refractivity (Wildman–Crippen MR) is 73.5 cm³/mol. The molecule has 3 rings (SSSR count). The van der Waals surface area contributed by atoms with E-state index in [1.807, 2.05) is 4.52 Å². The first-order valence-electron chi connectivity index (χ1n) is 6.79. The van der Waals surface area contributed by atoms with Crippen molar-refractivity contribution in [1.82, 2.24) is 19.8 Å². The topological polar surface area (TPSA) is 78.3 Å². The maximum absolute atomic E-state index is 5.61. The van der Waals surface area contributed by atoms with Crippen molar-refractivity contribution in [1.29, 1.82) is 0 Å². The molecule has 1 unspecified atom stereocenters. The van der Waals surface area contributed by atoms with Crippen LogP contribution in [0.4, 0.5) is 0 Å².